The summed E-state index contributed by atoms with van der Waals surface area (Å²) in [6.07, 6.45) is 9.95. The number of hydrogen-bond donors (Lipinski definition) is 1. The molecule has 3 heteroatoms. The van der Waals surface area contributed by atoms with Crippen molar-refractivity contribution in [3.05, 3.63) is 0 Å². The first-order valence-electron chi connectivity index (χ1n) is 8.25. The second-order valence-corrected chi connectivity index (χ2v) is 5.73. The Morgan fingerprint density at radius 3 is 2.42 bits per heavy atom. The molecule has 0 aliphatic heterocycles. The average molecular weight is 271 g/mol. The molecular formula is C16H33NO2. The van der Waals surface area contributed by atoms with Crippen LogP contribution in [0.1, 0.15) is 65.2 Å². The maximum Gasteiger partial charge on any atom is 0.0807 e. The Morgan fingerprint density at radius 1 is 0.947 bits per heavy atom. The van der Waals surface area contributed by atoms with Crippen LogP contribution in [0.5, 0.6) is 0 Å². The van der Waals surface area contributed by atoms with Crippen LogP contribution in [-0.4, -0.2) is 38.5 Å². The van der Waals surface area contributed by atoms with E-state index in [4.69, 9.17) is 9.47 Å². The Labute approximate surface area is 119 Å². The van der Waals surface area contributed by atoms with Gasteiger partial charge in [-0.25, -0.2) is 0 Å². The van der Waals surface area contributed by atoms with Crippen LogP contribution in [0.4, 0.5) is 0 Å². The lowest BCUT2D eigenvalue weighted by Crippen LogP contribution is -2.45. The molecule has 19 heavy (non-hydrogen) atoms. The third kappa shape index (κ3) is 7.28. The Bertz CT molecular complexity index is 203. The van der Waals surface area contributed by atoms with E-state index in [1.54, 1.807) is 0 Å². The van der Waals surface area contributed by atoms with E-state index in [2.05, 4.69) is 19.2 Å². The molecule has 1 saturated carbocycles. The molecule has 0 aromatic carbocycles. The van der Waals surface area contributed by atoms with Gasteiger partial charge in [0, 0.05) is 13.2 Å². The minimum atomic E-state index is 0.0849. The summed E-state index contributed by atoms with van der Waals surface area (Å²) in [6, 6.07) is 0. The molecule has 1 aliphatic rings. The van der Waals surface area contributed by atoms with Crippen LogP contribution in [0, 0.1) is 0 Å². The molecule has 0 atom stereocenters. The summed E-state index contributed by atoms with van der Waals surface area (Å²) < 4.78 is 11.8. The second kappa shape index (κ2) is 10.6. The first kappa shape index (κ1) is 16.9. The van der Waals surface area contributed by atoms with Crippen LogP contribution in [0.3, 0.4) is 0 Å². The number of unbranched alkanes of at least 4 members (excludes halogenated alkanes) is 1. The Kier molecular flexibility index (Phi) is 9.48. The first-order valence-corrected chi connectivity index (χ1v) is 8.25. The van der Waals surface area contributed by atoms with Crippen molar-refractivity contribution in [3.63, 3.8) is 0 Å². The van der Waals surface area contributed by atoms with Gasteiger partial charge in [-0.3, -0.25) is 0 Å². The molecule has 0 radical (unpaired) electrons. The maximum absolute atomic E-state index is 6.21. The largest absolute Gasteiger partial charge is 0.379 e. The molecule has 1 aliphatic carbocycles. The fourth-order valence-electron chi connectivity index (χ4n) is 2.73. The van der Waals surface area contributed by atoms with E-state index in [1.165, 1.54) is 44.9 Å². The monoisotopic (exact) mass is 271 g/mol. The summed E-state index contributed by atoms with van der Waals surface area (Å²) in [5, 5.41) is 3.54. The van der Waals surface area contributed by atoms with Gasteiger partial charge in [0.25, 0.3) is 0 Å². The van der Waals surface area contributed by atoms with Gasteiger partial charge < -0.3 is 14.8 Å². The summed E-state index contributed by atoms with van der Waals surface area (Å²) in [7, 11) is 0. The fourth-order valence-corrected chi connectivity index (χ4v) is 2.73. The minimum Gasteiger partial charge on any atom is -0.379 e. The molecule has 0 unspecified atom stereocenters. The van der Waals surface area contributed by atoms with Gasteiger partial charge in [-0.1, -0.05) is 39.5 Å². The lowest BCUT2D eigenvalue weighted by molar-refractivity contribution is -0.0861. The Morgan fingerprint density at radius 2 is 1.74 bits per heavy atom. The van der Waals surface area contributed by atoms with Crippen molar-refractivity contribution in [2.45, 2.75) is 70.8 Å². The molecule has 0 amide bonds. The minimum absolute atomic E-state index is 0.0849. The van der Waals surface area contributed by atoms with E-state index in [1.807, 2.05) is 0 Å². The molecule has 0 bridgehead atoms. The molecule has 0 saturated heterocycles. The van der Waals surface area contributed by atoms with E-state index in [0.29, 0.717) is 0 Å². The lowest BCUT2D eigenvalue weighted by atomic mass is 9.84. The molecule has 1 N–H and O–H groups in total. The molecule has 0 heterocycles. The molecule has 1 rings (SSSR count). The molecular weight excluding hydrogens is 238 g/mol. The van der Waals surface area contributed by atoms with Gasteiger partial charge >= 0.3 is 0 Å². The van der Waals surface area contributed by atoms with Crippen molar-refractivity contribution in [2.24, 2.45) is 0 Å². The summed E-state index contributed by atoms with van der Waals surface area (Å²) >= 11 is 0. The smallest absolute Gasteiger partial charge is 0.0807 e. The van der Waals surface area contributed by atoms with Crippen molar-refractivity contribution < 1.29 is 9.47 Å². The molecule has 0 spiro atoms. The number of nitrogens with one attached hydrogen (secondary N) is 1. The third-order valence-electron chi connectivity index (χ3n) is 3.92. The van der Waals surface area contributed by atoms with E-state index in [0.717, 1.165) is 39.3 Å². The highest BCUT2D eigenvalue weighted by Crippen LogP contribution is 2.31. The van der Waals surface area contributed by atoms with Gasteiger partial charge in [-0.05, 0) is 32.2 Å². The van der Waals surface area contributed by atoms with Gasteiger partial charge in [0.1, 0.15) is 0 Å². The number of hydrogen-bond acceptors (Lipinski definition) is 3. The predicted octanol–water partition coefficient (Wildman–Crippen LogP) is 3.52. The molecule has 1 fully saturated rings. The van der Waals surface area contributed by atoms with Crippen LogP contribution in [0.15, 0.2) is 0 Å². The quantitative estimate of drug-likeness (QED) is 0.583. The summed E-state index contributed by atoms with van der Waals surface area (Å²) in [5.74, 6) is 0. The Balaban J connectivity index is 2.20. The lowest BCUT2D eigenvalue weighted by Gasteiger charge is -2.37. The van der Waals surface area contributed by atoms with Gasteiger partial charge in [-0.15, -0.1) is 0 Å². The number of ether oxygens (including phenoxy) is 2. The van der Waals surface area contributed by atoms with Crippen molar-refractivity contribution in [3.8, 4) is 0 Å². The number of rotatable bonds is 11. The van der Waals surface area contributed by atoms with Crippen LogP contribution >= 0.6 is 0 Å². The van der Waals surface area contributed by atoms with Crippen LogP contribution in [0.25, 0.3) is 0 Å². The maximum atomic E-state index is 6.21. The van der Waals surface area contributed by atoms with E-state index < -0.39 is 0 Å². The standard InChI is InChI=1S/C16H33NO2/c1-3-5-12-18-13-14-19-16(15-17-11-4-2)9-7-6-8-10-16/h17H,3-15H2,1-2H3. The van der Waals surface area contributed by atoms with Crippen LogP contribution in [-0.2, 0) is 9.47 Å². The van der Waals surface area contributed by atoms with Crippen molar-refractivity contribution in [2.75, 3.05) is 32.9 Å². The third-order valence-corrected chi connectivity index (χ3v) is 3.92. The predicted molar refractivity (Wildman–Crippen MR) is 80.7 cm³/mol. The molecule has 3 nitrogen and oxygen atoms in total. The highest BCUT2D eigenvalue weighted by Gasteiger charge is 2.32. The highest BCUT2D eigenvalue weighted by molar-refractivity contribution is 4.86. The molecule has 114 valence electrons. The molecule has 0 aromatic heterocycles. The zero-order valence-corrected chi connectivity index (χ0v) is 13.0. The van der Waals surface area contributed by atoms with Gasteiger partial charge in [0.2, 0.25) is 0 Å². The SMILES string of the molecule is CCCCOCCOC1(CNCCC)CCCCC1. The topological polar surface area (TPSA) is 30.5 Å². The van der Waals surface area contributed by atoms with Gasteiger partial charge in [-0.2, -0.15) is 0 Å². The normalized spacial score (nSPS) is 18.6. The Hall–Kier alpha value is -0.120. The van der Waals surface area contributed by atoms with Crippen LogP contribution < -0.4 is 5.32 Å². The zero-order chi connectivity index (χ0) is 13.8. The summed E-state index contributed by atoms with van der Waals surface area (Å²) in [5.41, 5.74) is 0.0849. The van der Waals surface area contributed by atoms with Crippen molar-refractivity contribution in [1.82, 2.24) is 5.32 Å². The average Bonchev–Trinajstić information content (AvgIpc) is 2.44. The fraction of sp³-hybridized carbons (Fsp3) is 1.00. The van der Waals surface area contributed by atoms with Crippen molar-refractivity contribution in [1.29, 1.82) is 0 Å². The summed E-state index contributed by atoms with van der Waals surface area (Å²) in [4.78, 5) is 0. The van der Waals surface area contributed by atoms with Crippen LogP contribution in [0.2, 0.25) is 0 Å². The molecule has 0 aromatic rings. The van der Waals surface area contributed by atoms with Gasteiger partial charge in [0.15, 0.2) is 0 Å². The van der Waals surface area contributed by atoms with Crippen molar-refractivity contribution >= 4 is 0 Å². The van der Waals surface area contributed by atoms with E-state index in [-0.39, 0.29) is 5.60 Å². The first-order chi connectivity index (χ1) is 9.33. The highest BCUT2D eigenvalue weighted by atomic mass is 16.5. The van der Waals surface area contributed by atoms with E-state index in [9.17, 15) is 0 Å². The van der Waals surface area contributed by atoms with Gasteiger partial charge in [0.05, 0.1) is 18.8 Å². The van der Waals surface area contributed by atoms with E-state index >= 15 is 0 Å². The second-order valence-electron chi connectivity index (χ2n) is 5.73. The summed E-state index contributed by atoms with van der Waals surface area (Å²) in [6.45, 7) is 8.88. The zero-order valence-electron chi connectivity index (χ0n) is 13.0.